The summed E-state index contributed by atoms with van der Waals surface area (Å²) < 4.78 is 5.01. The van der Waals surface area contributed by atoms with Crippen molar-refractivity contribution in [1.29, 1.82) is 0 Å². The predicted molar refractivity (Wildman–Crippen MR) is 64.1 cm³/mol. The highest BCUT2D eigenvalue weighted by molar-refractivity contribution is 5.78. The second-order valence-corrected chi connectivity index (χ2v) is 4.86. The number of aliphatic hydroxyl groups is 1. The van der Waals surface area contributed by atoms with Gasteiger partial charge in [-0.2, -0.15) is 0 Å². The number of carbonyl (C=O) groups excluding carboxylic acids is 1. The Bertz CT molecular complexity index is 476. The van der Waals surface area contributed by atoms with E-state index in [0.29, 0.717) is 5.56 Å². The summed E-state index contributed by atoms with van der Waals surface area (Å²) in [4.78, 5) is 21.9. The molecule has 1 rings (SSSR count). The normalized spacial score (nSPS) is 11.1. The standard InChI is InChI=1S/C12H15NO5/c1-12(2,3)11(15)18-10-5-4-8(7-14)6-9(10)13(16)17/h4-6,14H,7H2,1-3H3. The minimum atomic E-state index is -0.747. The minimum Gasteiger partial charge on any atom is -0.419 e. The highest BCUT2D eigenvalue weighted by Gasteiger charge is 2.27. The van der Waals surface area contributed by atoms with Crippen molar-refractivity contribution >= 4 is 11.7 Å². The van der Waals surface area contributed by atoms with Gasteiger partial charge >= 0.3 is 11.7 Å². The van der Waals surface area contributed by atoms with Gasteiger partial charge in [0, 0.05) is 6.07 Å². The SMILES string of the molecule is CC(C)(C)C(=O)Oc1ccc(CO)cc1[N+](=O)[O-]. The van der Waals surface area contributed by atoms with Gasteiger partial charge in [-0.3, -0.25) is 14.9 Å². The lowest BCUT2D eigenvalue weighted by Crippen LogP contribution is -2.25. The van der Waals surface area contributed by atoms with Crippen LogP contribution < -0.4 is 4.74 Å². The summed E-state index contributed by atoms with van der Waals surface area (Å²) in [5.74, 6) is -0.667. The van der Waals surface area contributed by atoms with Crippen LogP contribution in [-0.4, -0.2) is 16.0 Å². The molecule has 0 bridgehead atoms. The van der Waals surface area contributed by atoms with E-state index in [1.54, 1.807) is 20.8 Å². The summed E-state index contributed by atoms with van der Waals surface area (Å²) in [6, 6.07) is 3.97. The van der Waals surface area contributed by atoms with Crippen LogP contribution in [0.1, 0.15) is 26.3 Å². The Morgan fingerprint density at radius 1 is 1.44 bits per heavy atom. The Kier molecular flexibility index (Phi) is 4.03. The molecule has 6 heteroatoms. The summed E-state index contributed by atoms with van der Waals surface area (Å²) >= 11 is 0. The fraction of sp³-hybridized carbons (Fsp3) is 0.417. The molecule has 1 aromatic rings. The van der Waals surface area contributed by atoms with Gasteiger partial charge in [0.2, 0.25) is 5.75 Å². The van der Waals surface area contributed by atoms with Gasteiger partial charge in [-0.05, 0) is 32.4 Å². The second-order valence-electron chi connectivity index (χ2n) is 4.86. The molecule has 1 aromatic carbocycles. The third kappa shape index (κ3) is 3.27. The van der Waals surface area contributed by atoms with Crippen LogP contribution >= 0.6 is 0 Å². The number of carbonyl (C=O) groups is 1. The van der Waals surface area contributed by atoms with Crippen molar-refractivity contribution in [2.45, 2.75) is 27.4 Å². The smallest absolute Gasteiger partial charge is 0.316 e. The summed E-state index contributed by atoms with van der Waals surface area (Å²) in [5.41, 5.74) is -0.694. The summed E-state index contributed by atoms with van der Waals surface area (Å²) in [6.07, 6.45) is 0. The van der Waals surface area contributed by atoms with Crippen molar-refractivity contribution < 1.29 is 19.6 Å². The lowest BCUT2D eigenvalue weighted by molar-refractivity contribution is -0.385. The molecule has 0 saturated heterocycles. The fourth-order valence-electron chi connectivity index (χ4n) is 1.14. The van der Waals surface area contributed by atoms with Crippen molar-refractivity contribution in [2.75, 3.05) is 0 Å². The number of hydrogen-bond donors (Lipinski definition) is 1. The lowest BCUT2D eigenvalue weighted by atomic mass is 9.97. The van der Waals surface area contributed by atoms with Crippen LogP contribution in [0, 0.1) is 15.5 Å². The number of benzene rings is 1. The molecule has 0 radical (unpaired) electrons. The van der Waals surface area contributed by atoms with Crippen molar-refractivity contribution in [3.63, 3.8) is 0 Å². The zero-order valence-electron chi connectivity index (χ0n) is 10.5. The number of nitrogens with zero attached hydrogens (tertiary/aromatic N) is 1. The highest BCUT2D eigenvalue weighted by atomic mass is 16.6. The molecular formula is C12H15NO5. The van der Waals surface area contributed by atoms with Gasteiger partial charge in [0.15, 0.2) is 0 Å². The van der Waals surface area contributed by atoms with E-state index in [9.17, 15) is 14.9 Å². The van der Waals surface area contributed by atoms with E-state index in [0.717, 1.165) is 0 Å². The first-order chi connectivity index (χ1) is 8.25. The third-order valence-electron chi connectivity index (χ3n) is 2.22. The molecular weight excluding hydrogens is 238 g/mol. The van der Waals surface area contributed by atoms with Crippen LogP contribution in [0.4, 0.5) is 5.69 Å². The fourth-order valence-corrected chi connectivity index (χ4v) is 1.14. The molecule has 18 heavy (non-hydrogen) atoms. The molecule has 0 spiro atoms. The molecule has 98 valence electrons. The number of ether oxygens (including phenoxy) is 1. The molecule has 0 unspecified atom stereocenters. The van der Waals surface area contributed by atoms with Gasteiger partial charge < -0.3 is 9.84 Å². The van der Waals surface area contributed by atoms with Gasteiger partial charge in [-0.15, -0.1) is 0 Å². The van der Waals surface area contributed by atoms with Crippen LogP contribution in [-0.2, 0) is 11.4 Å². The van der Waals surface area contributed by atoms with E-state index in [1.807, 2.05) is 0 Å². The average molecular weight is 253 g/mol. The Labute approximate surface area is 104 Å². The van der Waals surface area contributed by atoms with Crippen LogP contribution in [0.25, 0.3) is 0 Å². The molecule has 0 aliphatic rings. The largest absolute Gasteiger partial charge is 0.419 e. The quantitative estimate of drug-likeness (QED) is 0.385. The van der Waals surface area contributed by atoms with E-state index in [-0.39, 0.29) is 18.0 Å². The molecule has 0 fully saturated rings. The Morgan fingerprint density at radius 3 is 2.50 bits per heavy atom. The maximum Gasteiger partial charge on any atom is 0.316 e. The number of rotatable bonds is 3. The van der Waals surface area contributed by atoms with Crippen LogP contribution in [0.5, 0.6) is 5.75 Å². The van der Waals surface area contributed by atoms with Crippen molar-refractivity contribution in [3.8, 4) is 5.75 Å². The molecule has 0 heterocycles. The number of nitro benzene ring substituents is 1. The van der Waals surface area contributed by atoms with E-state index in [1.165, 1.54) is 18.2 Å². The number of hydrogen-bond acceptors (Lipinski definition) is 5. The van der Waals surface area contributed by atoms with E-state index >= 15 is 0 Å². The Balaban J connectivity index is 3.09. The maximum atomic E-state index is 11.7. The van der Waals surface area contributed by atoms with E-state index < -0.39 is 16.3 Å². The maximum absolute atomic E-state index is 11.7. The summed E-state index contributed by atoms with van der Waals surface area (Å²) in [7, 11) is 0. The molecule has 0 aliphatic heterocycles. The lowest BCUT2D eigenvalue weighted by Gasteiger charge is -2.16. The first kappa shape index (κ1) is 14.1. The molecule has 0 aliphatic carbocycles. The minimum absolute atomic E-state index is 0.114. The first-order valence-electron chi connectivity index (χ1n) is 5.36. The second kappa shape index (κ2) is 5.14. The molecule has 1 N–H and O–H groups in total. The topological polar surface area (TPSA) is 89.7 Å². The number of esters is 1. The van der Waals surface area contributed by atoms with Gasteiger partial charge in [0.25, 0.3) is 0 Å². The molecule has 0 amide bonds. The van der Waals surface area contributed by atoms with Crippen molar-refractivity contribution in [3.05, 3.63) is 33.9 Å². The predicted octanol–water partition coefficient (Wildman–Crippen LogP) is 2.04. The van der Waals surface area contributed by atoms with Crippen LogP contribution in [0.3, 0.4) is 0 Å². The first-order valence-corrected chi connectivity index (χ1v) is 5.36. The van der Waals surface area contributed by atoms with Gasteiger partial charge in [0.05, 0.1) is 16.9 Å². The number of nitro groups is 1. The monoisotopic (exact) mass is 253 g/mol. The van der Waals surface area contributed by atoms with Crippen molar-refractivity contribution in [1.82, 2.24) is 0 Å². The zero-order chi connectivity index (χ0) is 13.9. The molecule has 6 nitrogen and oxygen atoms in total. The molecule has 0 saturated carbocycles. The number of aliphatic hydroxyl groups excluding tert-OH is 1. The summed E-state index contributed by atoms with van der Waals surface area (Å²) in [5, 5.41) is 19.8. The molecule has 0 atom stereocenters. The van der Waals surface area contributed by atoms with Gasteiger partial charge in [-0.25, -0.2) is 0 Å². The third-order valence-corrected chi connectivity index (χ3v) is 2.22. The summed E-state index contributed by atoms with van der Waals surface area (Å²) in [6.45, 7) is 4.66. The van der Waals surface area contributed by atoms with Gasteiger partial charge in [-0.1, -0.05) is 6.07 Å². The van der Waals surface area contributed by atoms with E-state index in [2.05, 4.69) is 0 Å². The molecule has 0 aromatic heterocycles. The van der Waals surface area contributed by atoms with Crippen molar-refractivity contribution in [2.24, 2.45) is 5.41 Å². The Morgan fingerprint density at radius 2 is 2.06 bits per heavy atom. The van der Waals surface area contributed by atoms with Crippen LogP contribution in [0.2, 0.25) is 0 Å². The van der Waals surface area contributed by atoms with E-state index in [4.69, 9.17) is 9.84 Å². The zero-order valence-corrected chi connectivity index (χ0v) is 10.5. The van der Waals surface area contributed by atoms with Crippen LogP contribution in [0.15, 0.2) is 18.2 Å². The Hall–Kier alpha value is -1.95. The van der Waals surface area contributed by atoms with Gasteiger partial charge in [0.1, 0.15) is 0 Å². The average Bonchev–Trinajstić information content (AvgIpc) is 2.27. The highest BCUT2D eigenvalue weighted by Crippen LogP contribution is 2.30.